The Morgan fingerprint density at radius 2 is 1.52 bits per heavy atom. The van der Waals surface area contributed by atoms with Crippen LogP contribution in [0.5, 0.6) is 0 Å². The summed E-state index contributed by atoms with van der Waals surface area (Å²) >= 11 is 13.2. The fourth-order valence-electron chi connectivity index (χ4n) is 2.26. The topological polar surface area (TPSA) is 41.8 Å². The minimum Gasteiger partial charge on any atom is -0.290 e. The molecule has 0 bridgehead atoms. The predicted octanol–water partition coefficient (Wildman–Crippen LogP) is 4.83. The Morgan fingerprint density at radius 1 is 0.957 bits per heavy atom. The fraction of sp³-hybridized carbons (Fsp3) is 0.118. The molecule has 0 saturated carbocycles. The molecule has 2 aromatic carbocycles. The number of carbonyl (C=O) groups is 1. The number of hydrogen-bond acceptors (Lipinski definition) is 4. The third kappa shape index (κ3) is 3.50. The van der Waals surface area contributed by atoms with Crippen LogP contribution in [0.15, 0.2) is 58.5 Å². The van der Waals surface area contributed by atoms with Crippen LogP contribution in [0.2, 0.25) is 10.0 Å². The smallest absolute Gasteiger partial charge is 0.210 e. The largest absolute Gasteiger partial charge is 0.290 e. The van der Waals surface area contributed by atoms with Gasteiger partial charge in [0.25, 0.3) is 0 Å². The Bertz CT molecular complexity index is 798. The number of Topliss-reactive ketones (excluding diaryl/α,β-unsaturated/α-hetero) is 1. The zero-order chi connectivity index (χ0) is 16.4. The van der Waals surface area contributed by atoms with Crippen molar-refractivity contribution in [1.82, 2.24) is 0 Å². The number of thioether (sulfide) groups is 1. The number of hydrogen-bond donors (Lipinski definition) is 0. The van der Waals surface area contributed by atoms with Gasteiger partial charge in [-0.15, -0.1) is 0 Å². The second-order valence-electron chi connectivity index (χ2n) is 4.90. The molecule has 1 atom stereocenters. The third-order valence-electron chi connectivity index (χ3n) is 3.41. The molecule has 0 aliphatic carbocycles. The van der Waals surface area contributed by atoms with E-state index in [2.05, 4.69) is 9.98 Å². The molecule has 23 heavy (non-hydrogen) atoms. The molecule has 3 rings (SSSR count). The van der Waals surface area contributed by atoms with Gasteiger partial charge >= 0.3 is 0 Å². The summed E-state index contributed by atoms with van der Waals surface area (Å²) < 4.78 is 0. The van der Waals surface area contributed by atoms with Gasteiger partial charge in [0.1, 0.15) is 11.8 Å². The maximum absolute atomic E-state index is 12.8. The van der Waals surface area contributed by atoms with Crippen molar-refractivity contribution < 1.29 is 4.79 Å². The number of aliphatic imine (C=N–C) groups is 2. The van der Waals surface area contributed by atoms with Gasteiger partial charge in [0.2, 0.25) is 5.78 Å². The summed E-state index contributed by atoms with van der Waals surface area (Å²) in [5, 5.41) is 1.82. The minimum absolute atomic E-state index is 0.132. The van der Waals surface area contributed by atoms with E-state index in [1.54, 1.807) is 36.4 Å². The number of nitrogens with zero attached hydrogens (tertiary/aromatic N) is 2. The molecule has 0 aromatic heterocycles. The summed E-state index contributed by atoms with van der Waals surface area (Å²) in [6.45, 7) is 0. The molecule has 0 N–H and O–H groups in total. The second kappa shape index (κ2) is 6.87. The zero-order valence-corrected chi connectivity index (χ0v) is 14.5. The van der Waals surface area contributed by atoms with Crippen molar-refractivity contribution in [3.05, 3.63) is 69.7 Å². The highest BCUT2D eigenvalue weighted by Gasteiger charge is 2.30. The van der Waals surface area contributed by atoms with Gasteiger partial charge in [-0.2, -0.15) is 0 Å². The van der Waals surface area contributed by atoms with Crippen LogP contribution in [-0.2, 0) is 4.79 Å². The molecule has 0 saturated heterocycles. The molecule has 0 spiro atoms. The molecule has 2 aromatic rings. The van der Waals surface area contributed by atoms with E-state index < -0.39 is 6.04 Å². The Balaban J connectivity index is 2.03. The Kier molecular flexibility index (Phi) is 4.85. The van der Waals surface area contributed by atoms with Gasteiger partial charge in [0.05, 0.1) is 0 Å². The van der Waals surface area contributed by atoms with Gasteiger partial charge in [0, 0.05) is 15.6 Å². The van der Waals surface area contributed by atoms with Gasteiger partial charge in [-0.3, -0.25) is 4.79 Å². The summed E-state index contributed by atoms with van der Waals surface area (Å²) in [5.74, 6) is -0.132. The number of ketones is 1. The van der Waals surface area contributed by atoms with Crippen molar-refractivity contribution in [3.63, 3.8) is 0 Å². The molecule has 1 aliphatic rings. The Hall–Kier alpha value is -1.62. The van der Waals surface area contributed by atoms with Crippen LogP contribution in [0.25, 0.3) is 0 Å². The van der Waals surface area contributed by atoms with E-state index in [4.69, 9.17) is 23.2 Å². The quantitative estimate of drug-likeness (QED) is 0.767. The molecule has 0 radical (unpaired) electrons. The standard InChI is InChI=1S/C17H12Cl2N2OS/c1-23-17-20-14(10-2-6-12(18)7-3-10)16(22)15(21-17)11-4-8-13(19)9-5-11/h2-9,14H,1H3. The van der Waals surface area contributed by atoms with E-state index in [-0.39, 0.29) is 5.78 Å². The average Bonchev–Trinajstić information content (AvgIpc) is 2.57. The minimum atomic E-state index is -0.599. The lowest BCUT2D eigenvalue weighted by Gasteiger charge is -2.19. The molecule has 0 amide bonds. The van der Waals surface area contributed by atoms with Crippen LogP contribution in [0, 0.1) is 0 Å². The number of halogens is 2. The summed E-state index contributed by atoms with van der Waals surface area (Å²) in [6, 6.07) is 13.6. The molecule has 3 nitrogen and oxygen atoms in total. The average molecular weight is 363 g/mol. The van der Waals surface area contributed by atoms with Crippen molar-refractivity contribution in [1.29, 1.82) is 0 Å². The first kappa shape index (κ1) is 16.2. The monoisotopic (exact) mass is 362 g/mol. The number of benzene rings is 2. The van der Waals surface area contributed by atoms with E-state index in [1.165, 1.54) is 11.8 Å². The molecular formula is C17H12Cl2N2OS. The summed E-state index contributed by atoms with van der Waals surface area (Å²) in [6.07, 6.45) is 1.89. The first-order chi connectivity index (χ1) is 11.1. The molecule has 6 heteroatoms. The molecule has 1 unspecified atom stereocenters. The lowest BCUT2D eigenvalue weighted by atomic mass is 9.95. The van der Waals surface area contributed by atoms with E-state index >= 15 is 0 Å². The second-order valence-corrected chi connectivity index (χ2v) is 6.55. The Morgan fingerprint density at radius 3 is 2.09 bits per heavy atom. The zero-order valence-electron chi connectivity index (χ0n) is 12.2. The third-order valence-corrected chi connectivity index (χ3v) is 4.48. The summed E-state index contributed by atoms with van der Waals surface area (Å²) in [7, 11) is 0. The number of amidine groups is 1. The van der Waals surface area contributed by atoms with Crippen LogP contribution in [-0.4, -0.2) is 22.9 Å². The maximum Gasteiger partial charge on any atom is 0.210 e. The highest BCUT2D eigenvalue weighted by atomic mass is 35.5. The van der Waals surface area contributed by atoms with E-state index in [0.717, 1.165) is 11.1 Å². The van der Waals surface area contributed by atoms with Crippen molar-refractivity contribution in [3.8, 4) is 0 Å². The normalized spacial score (nSPS) is 17.7. The van der Waals surface area contributed by atoms with Crippen LogP contribution in [0.4, 0.5) is 0 Å². The number of carbonyl (C=O) groups excluding carboxylic acids is 1. The SMILES string of the molecule is CSC1=NC(c2ccc(Cl)cc2)C(=O)C(c2ccc(Cl)cc2)=N1. The van der Waals surface area contributed by atoms with Crippen molar-refractivity contribution in [2.45, 2.75) is 6.04 Å². The molecular weight excluding hydrogens is 351 g/mol. The maximum atomic E-state index is 12.8. The van der Waals surface area contributed by atoms with Crippen molar-refractivity contribution in [2.24, 2.45) is 9.98 Å². The van der Waals surface area contributed by atoms with Gasteiger partial charge in [-0.25, -0.2) is 9.98 Å². The predicted molar refractivity (Wildman–Crippen MR) is 98.1 cm³/mol. The van der Waals surface area contributed by atoms with Gasteiger partial charge in [0.15, 0.2) is 5.17 Å². The summed E-state index contributed by atoms with van der Waals surface area (Å²) in [4.78, 5) is 21.7. The lowest BCUT2D eigenvalue weighted by molar-refractivity contribution is -0.114. The van der Waals surface area contributed by atoms with Crippen LogP contribution in [0.1, 0.15) is 17.2 Å². The lowest BCUT2D eigenvalue weighted by Crippen LogP contribution is -2.27. The molecule has 1 aliphatic heterocycles. The van der Waals surface area contributed by atoms with E-state index in [0.29, 0.717) is 20.9 Å². The van der Waals surface area contributed by atoms with Crippen molar-refractivity contribution in [2.75, 3.05) is 6.26 Å². The van der Waals surface area contributed by atoms with Gasteiger partial charge < -0.3 is 0 Å². The van der Waals surface area contributed by atoms with Crippen LogP contribution in [0.3, 0.4) is 0 Å². The number of rotatable bonds is 2. The van der Waals surface area contributed by atoms with E-state index in [9.17, 15) is 4.79 Å². The molecule has 0 fully saturated rings. The van der Waals surface area contributed by atoms with Gasteiger partial charge in [-0.05, 0) is 36.1 Å². The highest BCUT2D eigenvalue weighted by Crippen LogP contribution is 2.28. The summed E-state index contributed by atoms with van der Waals surface area (Å²) in [5.41, 5.74) is 1.94. The fourth-order valence-corrected chi connectivity index (χ4v) is 2.91. The van der Waals surface area contributed by atoms with Crippen LogP contribution < -0.4 is 0 Å². The highest BCUT2D eigenvalue weighted by molar-refractivity contribution is 8.13. The molecule has 1 heterocycles. The first-order valence-corrected chi connectivity index (χ1v) is 8.82. The Labute approximate surface area is 148 Å². The first-order valence-electron chi connectivity index (χ1n) is 6.84. The molecule has 116 valence electrons. The van der Waals surface area contributed by atoms with E-state index in [1.807, 2.05) is 18.4 Å². The van der Waals surface area contributed by atoms with Gasteiger partial charge in [-0.1, -0.05) is 59.2 Å². The van der Waals surface area contributed by atoms with Crippen LogP contribution >= 0.6 is 35.0 Å². The van der Waals surface area contributed by atoms with Crippen molar-refractivity contribution >= 4 is 51.6 Å².